The maximum atomic E-state index is 12.9. The number of carbonyl (C=O) groups is 2. The van der Waals surface area contributed by atoms with E-state index in [1.54, 1.807) is 11.7 Å². The Bertz CT molecular complexity index is 1740. The normalized spacial score (nSPS) is 18.1. The molecular formula is C34H52F3N5O7S2. The van der Waals surface area contributed by atoms with Crippen LogP contribution in [0.15, 0.2) is 24.4 Å². The fourth-order valence-corrected chi connectivity index (χ4v) is 8.71. The van der Waals surface area contributed by atoms with Crippen LogP contribution in [0.25, 0.3) is 0 Å². The van der Waals surface area contributed by atoms with E-state index in [9.17, 15) is 39.6 Å². The van der Waals surface area contributed by atoms with E-state index in [0.717, 1.165) is 49.9 Å². The molecule has 2 aromatic heterocycles. The third-order valence-electron chi connectivity index (χ3n) is 9.48. The van der Waals surface area contributed by atoms with E-state index >= 15 is 0 Å². The summed E-state index contributed by atoms with van der Waals surface area (Å²) in [6.45, 7) is 12.1. The van der Waals surface area contributed by atoms with Crippen molar-refractivity contribution in [3.8, 4) is 0 Å². The van der Waals surface area contributed by atoms with Crippen LogP contribution in [-0.2, 0) is 52.6 Å². The third kappa shape index (κ3) is 10.7. The number of nitrogens with zero attached hydrogens (tertiary/aromatic N) is 3. The topological polar surface area (TPSA) is 166 Å². The van der Waals surface area contributed by atoms with Gasteiger partial charge in [0.15, 0.2) is 19.7 Å². The van der Waals surface area contributed by atoms with Crippen molar-refractivity contribution in [1.82, 2.24) is 14.8 Å². The predicted octanol–water partition coefficient (Wildman–Crippen LogP) is 5.84. The molecule has 1 unspecified atom stereocenters. The van der Waals surface area contributed by atoms with Crippen LogP contribution in [0, 0.1) is 5.92 Å². The lowest BCUT2D eigenvalue weighted by Crippen LogP contribution is -2.47. The fraction of sp³-hybridized carbons (Fsp3) is 0.706. The van der Waals surface area contributed by atoms with Crippen molar-refractivity contribution in [2.45, 2.75) is 121 Å². The Morgan fingerprint density at radius 3 is 1.88 bits per heavy atom. The molecule has 1 saturated heterocycles. The Hall–Kier alpha value is -3.05. The van der Waals surface area contributed by atoms with Crippen molar-refractivity contribution in [1.29, 1.82) is 0 Å². The molecule has 17 heteroatoms. The fourth-order valence-electron chi connectivity index (χ4n) is 5.50. The highest BCUT2D eigenvalue weighted by molar-refractivity contribution is 7.93. The molecule has 51 heavy (non-hydrogen) atoms. The zero-order valence-electron chi connectivity index (χ0n) is 30.7. The smallest absolute Gasteiger partial charge is 0.377 e. The molecule has 0 bridgehead atoms. The summed E-state index contributed by atoms with van der Waals surface area (Å²) in [6.07, 6.45) is 2.18. The molecule has 0 aromatic carbocycles. The molecule has 2 aromatic rings. The van der Waals surface area contributed by atoms with Gasteiger partial charge >= 0.3 is 6.18 Å². The van der Waals surface area contributed by atoms with Crippen LogP contribution in [0.2, 0.25) is 0 Å². The van der Waals surface area contributed by atoms with Gasteiger partial charge in [-0.15, -0.1) is 0 Å². The first kappa shape index (κ1) is 42.4. The van der Waals surface area contributed by atoms with Crippen molar-refractivity contribution >= 4 is 43.1 Å². The van der Waals surface area contributed by atoms with Gasteiger partial charge in [-0.2, -0.15) is 18.3 Å². The number of pyridine rings is 1. The van der Waals surface area contributed by atoms with Gasteiger partial charge in [-0.1, -0.05) is 40.0 Å². The number of aromatic nitrogens is 3. The second-order valence-electron chi connectivity index (χ2n) is 15.3. The molecule has 2 aliphatic rings. The molecule has 1 saturated carbocycles. The van der Waals surface area contributed by atoms with Crippen LogP contribution in [-0.4, -0.2) is 77.1 Å². The number of alkyl halides is 3. The van der Waals surface area contributed by atoms with Crippen LogP contribution in [0.4, 0.5) is 24.8 Å². The summed E-state index contributed by atoms with van der Waals surface area (Å²) in [4.78, 5) is 28.7. The van der Waals surface area contributed by atoms with Crippen LogP contribution < -0.4 is 10.6 Å². The molecule has 1 aliphatic carbocycles. The number of ether oxygens (including phenoxy) is 1. The van der Waals surface area contributed by atoms with E-state index in [1.807, 2.05) is 26.8 Å². The summed E-state index contributed by atoms with van der Waals surface area (Å²) in [5, 5.41) is 9.45. The average molecular weight is 764 g/mol. The molecule has 0 radical (unpaired) electrons. The highest BCUT2D eigenvalue weighted by atomic mass is 32.2. The molecule has 2 fully saturated rings. The predicted molar refractivity (Wildman–Crippen MR) is 190 cm³/mol. The SMILES string of the molecule is CC(C)(C(=O)Nc1ccc(C(F)(F)F)cn1)S(=O)(=O)CC1CCCO1.Cn1nc(C(C)(C)C)cc1NC(=O)C(C)(C)S(=O)(=O)CC1CCCCC1. The van der Waals surface area contributed by atoms with E-state index in [4.69, 9.17) is 4.74 Å². The minimum Gasteiger partial charge on any atom is -0.377 e. The van der Waals surface area contributed by atoms with Crippen LogP contribution in [0.1, 0.15) is 105 Å². The van der Waals surface area contributed by atoms with Crippen LogP contribution in [0.3, 0.4) is 0 Å². The van der Waals surface area contributed by atoms with Crippen molar-refractivity contribution in [3.05, 3.63) is 35.7 Å². The number of nitrogens with one attached hydrogen (secondary N) is 2. The minimum atomic E-state index is -4.54. The van der Waals surface area contributed by atoms with Gasteiger partial charge in [0.25, 0.3) is 0 Å². The van der Waals surface area contributed by atoms with Gasteiger partial charge < -0.3 is 15.4 Å². The molecule has 0 spiro atoms. The monoisotopic (exact) mass is 763 g/mol. The Labute approximate surface area is 299 Å². The molecule has 1 aliphatic heterocycles. The molecule has 3 heterocycles. The van der Waals surface area contributed by atoms with E-state index in [0.29, 0.717) is 25.0 Å². The standard InChI is InChI=1S/C19H33N3O3S.C15H19F3N2O4S/c1-18(2,3)15-12-16(22(6)21-15)20-17(23)19(4,5)26(24,25)13-14-10-8-7-9-11-14;1-14(2,25(22,23)9-11-4-3-7-24-11)13(21)20-12-6-5-10(8-19-12)15(16,17)18/h12,14H,7-11,13H2,1-6H3,(H,20,23);5-6,8,11H,3-4,7,9H2,1-2H3,(H,19,20,21). The Balaban J connectivity index is 0.000000276. The summed E-state index contributed by atoms with van der Waals surface area (Å²) in [5.41, 5.74) is -0.266. The average Bonchev–Trinajstić information content (AvgIpc) is 3.66. The summed E-state index contributed by atoms with van der Waals surface area (Å²) in [7, 11) is -5.65. The minimum absolute atomic E-state index is 0.0893. The first-order valence-electron chi connectivity index (χ1n) is 17.0. The number of hydrogen-bond donors (Lipinski definition) is 2. The number of anilines is 2. The molecule has 4 rings (SSSR count). The second-order valence-corrected chi connectivity index (χ2v) is 20.5. The molecule has 2 N–H and O–H groups in total. The lowest BCUT2D eigenvalue weighted by atomic mass is 9.91. The highest BCUT2D eigenvalue weighted by Gasteiger charge is 2.44. The Morgan fingerprint density at radius 1 is 0.843 bits per heavy atom. The first-order valence-corrected chi connectivity index (χ1v) is 20.4. The summed E-state index contributed by atoms with van der Waals surface area (Å²) in [5.74, 6) is -1.03. The number of amides is 2. The highest BCUT2D eigenvalue weighted by Crippen LogP contribution is 2.31. The molecule has 288 valence electrons. The van der Waals surface area contributed by atoms with E-state index in [-0.39, 0.29) is 28.7 Å². The van der Waals surface area contributed by atoms with Crippen molar-refractivity contribution < 1.29 is 44.3 Å². The second kappa shape index (κ2) is 15.9. The number of sulfone groups is 2. The molecule has 2 amide bonds. The van der Waals surface area contributed by atoms with E-state index in [1.165, 1.54) is 34.1 Å². The van der Waals surface area contributed by atoms with Gasteiger partial charge in [0.05, 0.1) is 28.9 Å². The molecular weight excluding hydrogens is 712 g/mol. The van der Waals surface area contributed by atoms with Crippen molar-refractivity contribution in [2.75, 3.05) is 28.7 Å². The Kier molecular flexibility index (Phi) is 13.2. The number of aryl methyl sites for hydroxylation is 1. The quantitative estimate of drug-likeness (QED) is 0.302. The number of rotatable bonds is 10. The summed E-state index contributed by atoms with van der Waals surface area (Å²) < 4.78 is 92.0. The lowest BCUT2D eigenvalue weighted by Gasteiger charge is -2.28. The molecule has 1 atom stereocenters. The van der Waals surface area contributed by atoms with Crippen LogP contribution in [0.5, 0.6) is 0 Å². The first-order chi connectivity index (χ1) is 23.3. The summed E-state index contributed by atoms with van der Waals surface area (Å²) >= 11 is 0. The van der Waals surface area contributed by atoms with Crippen molar-refractivity contribution in [2.24, 2.45) is 13.0 Å². The summed E-state index contributed by atoms with van der Waals surface area (Å²) in [6, 6.07) is 3.54. The Morgan fingerprint density at radius 2 is 1.41 bits per heavy atom. The van der Waals surface area contributed by atoms with Gasteiger partial charge in [-0.05, 0) is 71.4 Å². The zero-order chi connectivity index (χ0) is 38.6. The zero-order valence-corrected chi connectivity index (χ0v) is 32.3. The van der Waals surface area contributed by atoms with Crippen molar-refractivity contribution in [3.63, 3.8) is 0 Å². The molecule has 12 nitrogen and oxygen atoms in total. The number of carbonyl (C=O) groups excluding carboxylic acids is 2. The largest absolute Gasteiger partial charge is 0.417 e. The maximum absolute atomic E-state index is 12.9. The van der Waals surface area contributed by atoms with Gasteiger partial charge in [0, 0.05) is 31.3 Å². The van der Waals surface area contributed by atoms with E-state index in [2.05, 4.69) is 20.7 Å². The van der Waals surface area contributed by atoms with Crippen LogP contribution >= 0.6 is 0 Å². The number of hydrogen-bond acceptors (Lipinski definition) is 9. The lowest BCUT2D eigenvalue weighted by molar-refractivity contribution is -0.137. The third-order valence-corrected chi connectivity index (χ3v) is 14.7. The van der Waals surface area contributed by atoms with Gasteiger partial charge in [-0.3, -0.25) is 14.3 Å². The maximum Gasteiger partial charge on any atom is 0.417 e. The van der Waals surface area contributed by atoms with Gasteiger partial charge in [-0.25, -0.2) is 21.8 Å². The van der Waals surface area contributed by atoms with E-state index < -0.39 is 58.8 Å². The van der Waals surface area contributed by atoms with Gasteiger partial charge in [0.2, 0.25) is 11.8 Å². The number of halogens is 3. The van der Waals surface area contributed by atoms with Gasteiger partial charge in [0.1, 0.15) is 21.1 Å².